The maximum absolute atomic E-state index is 13.7. The molecule has 1 aromatic carbocycles. The van der Waals surface area contributed by atoms with Crippen LogP contribution in [0.15, 0.2) is 18.2 Å². The highest BCUT2D eigenvalue weighted by Crippen LogP contribution is 2.34. The van der Waals surface area contributed by atoms with Crippen molar-refractivity contribution in [1.82, 2.24) is 0 Å². The molecule has 1 saturated carbocycles. The van der Waals surface area contributed by atoms with E-state index in [1.807, 2.05) is 6.07 Å². The number of nitrogens with zero attached hydrogens (tertiary/aromatic N) is 1. The number of nitriles is 1. The number of nitrogens with one attached hydrogen (secondary N) is 1. The van der Waals surface area contributed by atoms with Crippen LogP contribution in [0.5, 0.6) is 0 Å². The van der Waals surface area contributed by atoms with E-state index in [-0.39, 0.29) is 11.9 Å². The van der Waals surface area contributed by atoms with Gasteiger partial charge in [0.15, 0.2) is 0 Å². The number of ether oxygens (including phenoxy) is 1. The van der Waals surface area contributed by atoms with Crippen LogP contribution in [0.25, 0.3) is 0 Å². The Hall–Kier alpha value is -1.60. The average molecular weight is 234 g/mol. The van der Waals surface area contributed by atoms with Crippen LogP contribution in [0.1, 0.15) is 18.4 Å². The van der Waals surface area contributed by atoms with Crippen LogP contribution in [-0.4, -0.2) is 19.8 Å². The SMILES string of the molecule is COCC(Nc1ccc(C#N)cc1F)C1CC1. The van der Waals surface area contributed by atoms with Gasteiger partial charge in [0.05, 0.1) is 30.0 Å². The molecule has 0 aliphatic heterocycles. The van der Waals surface area contributed by atoms with Gasteiger partial charge >= 0.3 is 0 Å². The standard InChI is InChI=1S/C13H15FN2O/c1-17-8-13(10-3-4-10)16-12-5-2-9(7-15)6-11(12)14/h2,5-6,10,13,16H,3-4,8H2,1H3. The third-order valence-electron chi connectivity index (χ3n) is 2.98. The lowest BCUT2D eigenvalue weighted by atomic mass is 10.1. The molecule has 0 heterocycles. The summed E-state index contributed by atoms with van der Waals surface area (Å²) in [7, 11) is 1.65. The third-order valence-corrected chi connectivity index (χ3v) is 2.98. The molecule has 3 nitrogen and oxygen atoms in total. The van der Waals surface area contributed by atoms with E-state index in [0.717, 1.165) is 0 Å². The second-order valence-corrected chi connectivity index (χ2v) is 4.35. The summed E-state index contributed by atoms with van der Waals surface area (Å²) < 4.78 is 18.8. The quantitative estimate of drug-likeness (QED) is 0.851. The Bertz CT molecular complexity index is 438. The first-order valence-corrected chi connectivity index (χ1v) is 5.69. The monoisotopic (exact) mass is 234 g/mol. The summed E-state index contributed by atoms with van der Waals surface area (Å²) in [5.74, 6) is 0.191. The molecule has 4 heteroatoms. The zero-order chi connectivity index (χ0) is 12.3. The minimum atomic E-state index is -0.384. The molecule has 0 amide bonds. The van der Waals surface area contributed by atoms with Crippen molar-refractivity contribution < 1.29 is 9.13 Å². The number of benzene rings is 1. The fraction of sp³-hybridized carbons (Fsp3) is 0.462. The molecule has 1 N–H and O–H groups in total. The maximum Gasteiger partial charge on any atom is 0.147 e. The topological polar surface area (TPSA) is 45.0 Å². The summed E-state index contributed by atoms with van der Waals surface area (Å²) in [5.41, 5.74) is 0.778. The second-order valence-electron chi connectivity index (χ2n) is 4.35. The van der Waals surface area contributed by atoms with Gasteiger partial charge in [0.2, 0.25) is 0 Å². The van der Waals surface area contributed by atoms with Crippen molar-refractivity contribution in [3.63, 3.8) is 0 Å². The van der Waals surface area contributed by atoms with Crippen LogP contribution in [-0.2, 0) is 4.74 Å². The summed E-state index contributed by atoms with van der Waals surface area (Å²) in [6, 6.07) is 6.54. The van der Waals surface area contributed by atoms with Crippen molar-refractivity contribution >= 4 is 5.69 Å². The van der Waals surface area contributed by atoms with Crippen molar-refractivity contribution in [3.05, 3.63) is 29.6 Å². The van der Waals surface area contributed by atoms with Crippen molar-refractivity contribution in [3.8, 4) is 6.07 Å². The van der Waals surface area contributed by atoms with Gasteiger partial charge in [-0.2, -0.15) is 5.26 Å². The average Bonchev–Trinajstić information content (AvgIpc) is 3.14. The van der Waals surface area contributed by atoms with Crippen LogP contribution in [0.3, 0.4) is 0 Å². The Kier molecular flexibility index (Phi) is 3.60. The first-order chi connectivity index (χ1) is 8.24. The largest absolute Gasteiger partial charge is 0.383 e. The zero-order valence-corrected chi connectivity index (χ0v) is 9.74. The molecule has 1 aliphatic rings. The van der Waals surface area contributed by atoms with E-state index in [9.17, 15) is 4.39 Å². The molecule has 0 spiro atoms. The first kappa shape index (κ1) is 11.9. The van der Waals surface area contributed by atoms with Gasteiger partial charge < -0.3 is 10.1 Å². The Labute approximate surface area is 100 Å². The Morgan fingerprint density at radius 2 is 2.35 bits per heavy atom. The predicted octanol–water partition coefficient (Wildman–Crippen LogP) is 2.53. The van der Waals surface area contributed by atoms with E-state index in [1.165, 1.54) is 18.9 Å². The molecule has 0 saturated heterocycles. The first-order valence-electron chi connectivity index (χ1n) is 5.69. The summed E-state index contributed by atoms with van der Waals surface area (Å²) in [4.78, 5) is 0. The molecular formula is C13H15FN2O. The molecule has 1 aliphatic carbocycles. The van der Waals surface area contributed by atoms with Gasteiger partial charge in [0.1, 0.15) is 5.82 Å². The fourth-order valence-electron chi connectivity index (χ4n) is 1.88. The molecule has 2 rings (SSSR count). The van der Waals surface area contributed by atoms with Crippen LogP contribution >= 0.6 is 0 Å². The smallest absolute Gasteiger partial charge is 0.147 e. The number of rotatable bonds is 5. The summed E-state index contributed by atoms with van der Waals surface area (Å²) in [6.07, 6.45) is 2.33. The molecule has 1 fully saturated rings. The predicted molar refractivity (Wildman–Crippen MR) is 63.1 cm³/mol. The molecular weight excluding hydrogens is 219 g/mol. The van der Waals surface area contributed by atoms with Gasteiger partial charge in [-0.25, -0.2) is 4.39 Å². The lowest BCUT2D eigenvalue weighted by molar-refractivity contribution is 0.179. The van der Waals surface area contributed by atoms with E-state index in [2.05, 4.69) is 5.32 Å². The zero-order valence-electron chi connectivity index (χ0n) is 9.74. The van der Waals surface area contributed by atoms with Crippen molar-refractivity contribution in [2.24, 2.45) is 5.92 Å². The molecule has 1 atom stereocenters. The molecule has 0 radical (unpaired) electrons. The van der Waals surface area contributed by atoms with Crippen LogP contribution in [0, 0.1) is 23.1 Å². The third kappa shape index (κ3) is 2.95. The molecule has 1 unspecified atom stereocenters. The van der Waals surface area contributed by atoms with E-state index in [0.29, 0.717) is 23.8 Å². The van der Waals surface area contributed by atoms with Crippen LogP contribution in [0.4, 0.5) is 10.1 Å². The fourth-order valence-corrected chi connectivity index (χ4v) is 1.88. The highest BCUT2D eigenvalue weighted by Gasteiger charge is 2.31. The molecule has 0 bridgehead atoms. The molecule has 1 aromatic rings. The van der Waals surface area contributed by atoms with Gasteiger partial charge in [-0.1, -0.05) is 0 Å². The van der Waals surface area contributed by atoms with Crippen molar-refractivity contribution in [2.45, 2.75) is 18.9 Å². The summed E-state index contributed by atoms with van der Waals surface area (Å²) in [5, 5.41) is 11.8. The Morgan fingerprint density at radius 1 is 1.59 bits per heavy atom. The van der Waals surface area contributed by atoms with Gasteiger partial charge in [0.25, 0.3) is 0 Å². The van der Waals surface area contributed by atoms with Crippen LogP contribution in [0.2, 0.25) is 0 Å². The van der Waals surface area contributed by atoms with E-state index in [1.54, 1.807) is 19.2 Å². The number of hydrogen-bond donors (Lipinski definition) is 1. The number of anilines is 1. The van der Waals surface area contributed by atoms with Crippen molar-refractivity contribution in [2.75, 3.05) is 19.0 Å². The van der Waals surface area contributed by atoms with Gasteiger partial charge in [-0.3, -0.25) is 0 Å². The number of methoxy groups -OCH3 is 1. The normalized spacial score (nSPS) is 16.3. The minimum Gasteiger partial charge on any atom is -0.383 e. The van der Waals surface area contributed by atoms with Gasteiger partial charge in [0, 0.05) is 7.11 Å². The lowest BCUT2D eigenvalue weighted by Gasteiger charge is -2.19. The van der Waals surface area contributed by atoms with E-state index in [4.69, 9.17) is 10.00 Å². The minimum absolute atomic E-state index is 0.155. The molecule has 90 valence electrons. The Morgan fingerprint density at radius 3 is 2.88 bits per heavy atom. The van der Waals surface area contributed by atoms with E-state index >= 15 is 0 Å². The highest BCUT2D eigenvalue weighted by atomic mass is 19.1. The maximum atomic E-state index is 13.7. The lowest BCUT2D eigenvalue weighted by Crippen LogP contribution is -2.27. The summed E-state index contributed by atoms with van der Waals surface area (Å²) in [6.45, 7) is 0.574. The second kappa shape index (κ2) is 5.15. The molecule has 0 aromatic heterocycles. The number of hydrogen-bond acceptors (Lipinski definition) is 3. The van der Waals surface area contributed by atoms with Crippen LogP contribution < -0.4 is 5.32 Å². The highest BCUT2D eigenvalue weighted by molar-refractivity contribution is 5.49. The van der Waals surface area contributed by atoms with Crippen molar-refractivity contribution in [1.29, 1.82) is 5.26 Å². The van der Waals surface area contributed by atoms with Gasteiger partial charge in [-0.05, 0) is 37.0 Å². The summed E-state index contributed by atoms with van der Waals surface area (Å²) >= 11 is 0. The molecule has 17 heavy (non-hydrogen) atoms. The van der Waals surface area contributed by atoms with Gasteiger partial charge in [-0.15, -0.1) is 0 Å². The number of halogens is 1. The van der Waals surface area contributed by atoms with E-state index < -0.39 is 0 Å². The Balaban J connectivity index is 2.09.